The lowest BCUT2D eigenvalue weighted by Gasteiger charge is -2.39. The summed E-state index contributed by atoms with van der Waals surface area (Å²) in [4.78, 5) is 24.7. The number of carbonyl (C=O) groups is 1. The monoisotopic (exact) mass is 553 g/mol. The summed E-state index contributed by atoms with van der Waals surface area (Å²) in [7, 11) is 0. The van der Waals surface area contributed by atoms with Gasteiger partial charge in [0.05, 0.1) is 16.6 Å². The van der Waals surface area contributed by atoms with Gasteiger partial charge in [-0.25, -0.2) is 4.98 Å². The first-order valence-corrected chi connectivity index (χ1v) is 14.8. The molecule has 1 aliphatic carbocycles. The van der Waals surface area contributed by atoms with Gasteiger partial charge in [0, 0.05) is 57.4 Å². The van der Waals surface area contributed by atoms with Crippen molar-refractivity contribution in [3.8, 4) is 0 Å². The van der Waals surface area contributed by atoms with E-state index in [4.69, 9.17) is 4.98 Å². The lowest BCUT2D eigenvalue weighted by atomic mass is 9.89. The SMILES string of the molecule is O=C(C1CCN(c2nc3ccccc3n2CC2CCCCC2)CC1)N1CCN(c2cccc(C(F)(F)F)c2)CC1. The number of hydrogen-bond acceptors (Lipinski definition) is 4. The Morgan fingerprint density at radius 2 is 1.55 bits per heavy atom. The fourth-order valence-electron chi connectivity index (χ4n) is 6.76. The topological polar surface area (TPSA) is 44.6 Å². The number of hydrogen-bond donors (Lipinski definition) is 0. The molecule has 0 unspecified atom stereocenters. The van der Waals surface area contributed by atoms with Gasteiger partial charge in [-0.3, -0.25) is 4.79 Å². The Morgan fingerprint density at radius 1 is 0.825 bits per heavy atom. The van der Waals surface area contributed by atoms with Crippen molar-refractivity contribution in [1.29, 1.82) is 0 Å². The molecule has 40 heavy (non-hydrogen) atoms. The molecular formula is C31H38F3N5O. The van der Waals surface area contributed by atoms with Crippen LogP contribution in [0, 0.1) is 11.8 Å². The molecule has 6 rings (SSSR count). The summed E-state index contributed by atoms with van der Waals surface area (Å²) in [5.41, 5.74) is 2.15. The standard InChI is InChI=1S/C31H38F3N5O/c32-31(33,34)25-9-6-10-26(21-25)36-17-19-37(20-18-36)29(40)24-13-15-38(16-14-24)30-35-27-11-4-5-12-28(27)39(30)22-23-7-2-1-3-8-23/h4-6,9-12,21,23-24H,1-3,7-8,13-20,22H2. The van der Waals surface area contributed by atoms with E-state index < -0.39 is 11.7 Å². The summed E-state index contributed by atoms with van der Waals surface area (Å²) in [5.74, 6) is 1.89. The molecule has 9 heteroatoms. The van der Waals surface area contributed by atoms with Crippen LogP contribution >= 0.6 is 0 Å². The van der Waals surface area contributed by atoms with Crippen LogP contribution in [0.5, 0.6) is 0 Å². The number of amides is 1. The highest BCUT2D eigenvalue weighted by molar-refractivity contribution is 5.80. The van der Waals surface area contributed by atoms with Gasteiger partial charge < -0.3 is 19.3 Å². The molecule has 3 fully saturated rings. The minimum Gasteiger partial charge on any atom is -0.368 e. The number of rotatable bonds is 5. The van der Waals surface area contributed by atoms with E-state index in [9.17, 15) is 18.0 Å². The highest BCUT2D eigenvalue weighted by Crippen LogP contribution is 2.34. The normalized spacial score (nSPS) is 19.9. The number of piperazine rings is 1. The van der Waals surface area contributed by atoms with Crippen LogP contribution in [0.4, 0.5) is 24.8 Å². The van der Waals surface area contributed by atoms with E-state index in [1.807, 2.05) is 15.9 Å². The molecule has 3 heterocycles. The van der Waals surface area contributed by atoms with Crippen LogP contribution in [0.25, 0.3) is 11.0 Å². The second-order valence-electron chi connectivity index (χ2n) is 11.6. The minimum atomic E-state index is -4.36. The Morgan fingerprint density at radius 3 is 2.27 bits per heavy atom. The molecule has 6 nitrogen and oxygen atoms in total. The van der Waals surface area contributed by atoms with Crippen LogP contribution < -0.4 is 9.80 Å². The maximum Gasteiger partial charge on any atom is 0.416 e. The molecule has 1 aromatic heterocycles. The molecule has 3 aromatic rings. The smallest absolute Gasteiger partial charge is 0.368 e. The first kappa shape index (κ1) is 27.0. The summed E-state index contributed by atoms with van der Waals surface area (Å²) in [6, 6.07) is 13.9. The zero-order chi connectivity index (χ0) is 27.7. The van der Waals surface area contributed by atoms with Gasteiger partial charge in [-0.2, -0.15) is 13.2 Å². The van der Waals surface area contributed by atoms with Gasteiger partial charge in [-0.05, 0) is 61.9 Å². The van der Waals surface area contributed by atoms with Gasteiger partial charge in [-0.1, -0.05) is 37.5 Å². The Kier molecular flexibility index (Phi) is 7.64. The van der Waals surface area contributed by atoms with Crippen LogP contribution in [0.3, 0.4) is 0 Å². The Balaban J connectivity index is 1.07. The van der Waals surface area contributed by atoms with E-state index in [2.05, 4.69) is 27.7 Å². The van der Waals surface area contributed by atoms with E-state index in [1.165, 1.54) is 49.8 Å². The van der Waals surface area contributed by atoms with Crippen molar-refractivity contribution in [2.75, 3.05) is 49.1 Å². The van der Waals surface area contributed by atoms with Gasteiger partial charge in [0.1, 0.15) is 0 Å². The third-order valence-electron chi connectivity index (χ3n) is 9.06. The van der Waals surface area contributed by atoms with Gasteiger partial charge in [0.25, 0.3) is 0 Å². The number of nitrogens with zero attached hydrogens (tertiary/aromatic N) is 5. The van der Waals surface area contributed by atoms with E-state index in [-0.39, 0.29) is 11.8 Å². The number of alkyl halides is 3. The first-order chi connectivity index (χ1) is 19.4. The fourth-order valence-corrected chi connectivity index (χ4v) is 6.76. The summed E-state index contributed by atoms with van der Waals surface area (Å²) in [6.07, 6.45) is 3.76. The van der Waals surface area contributed by atoms with Crippen LogP contribution in [-0.4, -0.2) is 59.6 Å². The molecule has 2 aromatic carbocycles. The molecule has 2 aliphatic heterocycles. The second kappa shape index (κ2) is 11.3. The van der Waals surface area contributed by atoms with Crippen molar-refractivity contribution in [2.45, 2.75) is 57.7 Å². The Hall–Kier alpha value is -3.23. The van der Waals surface area contributed by atoms with Crippen molar-refractivity contribution in [3.05, 3.63) is 54.1 Å². The largest absolute Gasteiger partial charge is 0.416 e. The van der Waals surface area contributed by atoms with Crippen LogP contribution in [0.1, 0.15) is 50.5 Å². The quantitative estimate of drug-likeness (QED) is 0.378. The molecule has 2 saturated heterocycles. The average Bonchev–Trinajstić information content (AvgIpc) is 3.35. The number of carbonyl (C=O) groups excluding carboxylic acids is 1. The van der Waals surface area contributed by atoms with Crippen LogP contribution in [0.15, 0.2) is 48.5 Å². The number of aromatic nitrogens is 2. The maximum absolute atomic E-state index is 13.4. The first-order valence-electron chi connectivity index (χ1n) is 14.8. The average molecular weight is 554 g/mol. The minimum absolute atomic E-state index is 0.0208. The molecule has 0 atom stereocenters. The number of imidazole rings is 1. The zero-order valence-corrected chi connectivity index (χ0v) is 23.0. The molecule has 1 saturated carbocycles. The third kappa shape index (κ3) is 5.65. The number of anilines is 2. The summed E-state index contributed by atoms with van der Waals surface area (Å²) in [5, 5.41) is 0. The molecule has 0 spiro atoms. The third-order valence-corrected chi connectivity index (χ3v) is 9.06. The molecule has 0 radical (unpaired) electrons. The number of para-hydroxylation sites is 2. The lowest BCUT2D eigenvalue weighted by Crippen LogP contribution is -2.51. The maximum atomic E-state index is 13.4. The molecule has 0 N–H and O–H groups in total. The Bertz CT molecular complexity index is 1320. The van der Waals surface area contributed by atoms with Gasteiger partial charge >= 0.3 is 6.18 Å². The lowest BCUT2D eigenvalue weighted by molar-refractivity contribution is -0.137. The second-order valence-corrected chi connectivity index (χ2v) is 11.6. The summed E-state index contributed by atoms with van der Waals surface area (Å²) < 4.78 is 41.9. The van der Waals surface area contributed by atoms with Crippen LogP contribution in [-0.2, 0) is 17.5 Å². The van der Waals surface area contributed by atoms with Crippen LogP contribution in [0.2, 0.25) is 0 Å². The van der Waals surface area contributed by atoms with Gasteiger partial charge in [0.2, 0.25) is 11.9 Å². The van der Waals surface area contributed by atoms with Crippen molar-refractivity contribution in [3.63, 3.8) is 0 Å². The fraction of sp³-hybridized carbons (Fsp3) is 0.548. The number of fused-ring (bicyclic) bond motifs is 1. The van der Waals surface area contributed by atoms with E-state index in [0.717, 1.165) is 50.0 Å². The van der Waals surface area contributed by atoms with Crippen molar-refractivity contribution in [2.24, 2.45) is 11.8 Å². The zero-order valence-electron chi connectivity index (χ0n) is 23.0. The molecule has 0 bridgehead atoms. The molecular weight excluding hydrogens is 515 g/mol. The highest BCUT2D eigenvalue weighted by atomic mass is 19.4. The highest BCUT2D eigenvalue weighted by Gasteiger charge is 2.34. The summed E-state index contributed by atoms with van der Waals surface area (Å²) in [6.45, 7) is 4.75. The number of halogens is 3. The predicted octanol–water partition coefficient (Wildman–Crippen LogP) is 6.20. The van der Waals surface area contributed by atoms with E-state index in [1.54, 1.807) is 6.07 Å². The molecule has 214 valence electrons. The molecule has 1 amide bonds. The summed E-state index contributed by atoms with van der Waals surface area (Å²) >= 11 is 0. The van der Waals surface area contributed by atoms with Crippen molar-refractivity contribution < 1.29 is 18.0 Å². The van der Waals surface area contributed by atoms with Crippen molar-refractivity contribution >= 4 is 28.6 Å². The molecule has 3 aliphatic rings. The number of benzene rings is 2. The Labute approximate surface area is 233 Å². The van der Waals surface area contributed by atoms with E-state index in [0.29, 0.717) is 37.8 Å². The van der Waals surface area contributed by atoms with Crippen molar-refractivity contribution in [1.82, 2.24) is 14.5 Å². The predicted molar refractivity (Wildman–Crippen MR) is 151 cm³/mol. The van der Waals surface area contributed by atoms with Gasteiger partial charge in [-0.15, -0.1) is 0 Å². The number of piperidine rings is 1. The van der Waals surface area contributed by atoms with Gasteiger partial charge in [0.15, 0.2) is 0 Å². The van der Waals surface area contributed by atoms with E-state index >= 15 is 0 Å².